The fraction of sp³-hybridized carbons (Fsp3) is 0.111. The summed E-state index contributed by atoms with van der Waals surface area (Å²) in [7, 11) is 0. The molecular formula is C27H20N2O5S. The average Bonchev–Trinajstić information content (AvgIpc) is 3.62. The summed E-state index contributed by atoms with van der Waals surface area (Å²) in [5, 5.41) is 3.81. The number of carbonyl (C=O) groups is 1. The molecule has 1 aliphatic heterocycles. The van der Waals surface area contributed by atoms with Gasteiger partial charge >= 0.3 is 0 Å². The Hall–Kier alpha value is -4.30. The number of furan rings is 1. The third kappa shape index (κ3) is 4.43. The van der Waals surface area contributed by atoms with Crippen molar-refractivity contribution >= 4 is 33.1 Å². The molecule has 0 aliphatic carbocycles. The lowest BCUT2D eigenvalue weighted by Gasteiger charge is -2.06. The highest BCUT2D eigenvalue weighted by Gasteiger charge is 2.15. The van der Waals surface area contributed by atoms with E-state index in [9.17, 15) is 4.79 Å². The maximum atomic E-state index is 12.6. The van der Waals surface area contributed by atoms with Crippen molar-refractivity contribution in [1.29, 1.82) is 0 Å². The summed E-state index contributed by atoms with van der Waals surface area (Å²) in [5.74, 6) is 2.38. The van der Waals surface area contributed by atoms with E-state index in [-0.39, 0.29) is 25.1 Å². The molecule has 0 bridgehead atoms. The normalized spacial score (nSPS) is 12.1. The minimum Gasteiger partial charge on any atom is -0.486 e. The molecule has 3 aromatic carbocycles. The van der Waals surface area contributed by atoms with Gasteiger partial charge in [0.1, 0.15) is 23.1 Å². The summed E-state index contributed by atoms with van der Waals surface area (Å²) in [6.45, 7) is 2.47. The van der Waals surface area contributed by atoms with E-state index >= 15 is 0 Å². The fourth-order valence-corrected chi connectivity index (χ4v) is 4.81. The van der Waals surface area contributed by atoms with Gasteiger partial charge in [-0.05, 0) is 73.2 Å². The highest BCUT2D eigenvalue weighted by Crippen LogP contribution is 2.35. The Morgan fingerprint density at radius 2 is 1.86 bits per heavy atom. The number of hydrogen-bond donors (Lipinski definition) is 1. The SMILES string of the molecule is Cc1ccc2nc(-c3ccc(NC(=O)c4ccc(COc5ccc6c(c5)OCO6)o4)cc3)sc2c1. The molecule has 8 heteroatoms. The summed E-state index contributed by atoms with van der Waals surface area (Å²) in [6.07, 6.45) is 0. The lowest BCUT2D eigenvalue weighted by atomic mass is 10.2. The molecule has 0 unspecified atom stereocenters. The van der Waals surface area contributed by atoms with Gasteiger partial charge in [0.2, 0.25) is 6.79 Å². The number of benzene rings is 3. The summed E-state index contributed by atoms with van der Waals surface area (Å²) < 4.78 is 23.2. The van der Waals surface area contributed by atoms with E-state index < -0.39 is 0 Å². The number of hydrogen-bond acceptors (Lipinski definition) is 7. The third-order valence-corrected chi connectivity index (χ3v) is 6.61. The van der Waals surface area contributed by atoms with Gasteiger partial charge in [-0.25, -0.2) is 4.98 Å². The Kier molecular flexibility index (Phi) is 5.35. The third-order valence-electron chi connectivity index (χ3n) is 5.54. The van der Waals surface area contributed by atoms with Crippen molar-refractivity contribution in [2.75, 3.05) is 12.1 Å². The van der Waals surface area contributed by atoms with Crippen LogP contribution >= 0.6 is 11.3 Å². The second kappa shape index (κ2) is 8.81. The van der Waals surface area contributed by atoms with Gasteiger partial charge in [0, 0.05) is 17.3 Å². The lowest BCUT2D eigenvalue weighted by molar-refractivity contribution is 0.0992. The molecule has 0 radical (unpaired) electrons. The predicted octanol–water partition coefficient (Wildman–Crippen LogP) is 6.42. The van der Waals surface area contributed by atoms with Gasteiger partial charge in [0.05, 0.1) is 10.2 Å². The Balaban J connectivity index is 1.08. The standard InChI is InChI=1S/C27H20N2O5S/c1-16-2-9-21-25(12-16)35-27(29-21)17-3-5-18(6-4-17)28-26(30)23-11-8-20(34-23)14-31-19-7-10-22-24(13-19)33-15-32-22/h2-13H,14-15H2,1H3,(H,28,30). The fourth-order valence-electron chi connectivity index (χ4n) is 3.74. The molecule has 1 aliphatic rings. The second-order valence-corrected chi connectivity index (χ2v) is 9.12. The van der Waals surface area contributed by atoms with E-state index in [1.807, 2.05) is 30.3 Å². The molecule has 1 amide bonds. The van der Waals surface area contributed by atoms with Crippen LogP contribution in [-0.2, 0) is 6.61 Å². The molecule has 35 heavy (non-hydrogen) atoms. The summed E-state index contributed by atoms with van der Waals surface area (Å²) in [5.41, 5.74) is 3.88. The molecule has 7 nitrogen and oxygen atoms in total. The first-order chi connectivity index (χ1) is 17.1. The van der Waals surface area contributed by atoms with Crippen LogP contribution in [0, 0.1) is 6.92 Å². The van der Waals surface area contributed by atoms with Gasteiger partial charge in [0.25, 0.3) is 5.91 Å². The van der Waals surface area contributed by atoms with Gasteiger partial charge in [-0.2, -0.15) is 0 Å². The van der Waals surface area contributed by atoms with Crippen molar-refractivity contribution in [2.24, 2.45) is 0 Å². The number of carbonyl (C=O) groups excluding carboxylic acids is 1. The number of aryl methyl sites for hydroxylation is 1. The van der Waals surface area contributed by atoms with Crippen molar-refractivity contribution in [3.05, 3.63) is 89.9 Å². The molecule has 6 rings (SSSR count). The Morgan fingerprint density at radius 1 is 1.00 bits per heavy atom. The van der Waals surface area contributed by atoms with E-state index in [1.54, 1.807) is 41.7 Å². The highest BCUT2D eigenvalue weighted by atomic mass is 32.1. The minimum absolute atomic E-state index is 0.184. The van der Waals surface area contributed by atoms with Gasteiger partial charge in [-0.3, -0.25) is 4.79 Å². The molecule has 5 aromatic rings. The topological polar surface area (TPSA) is 82.8 Å². The van der Waals surface area contributed by atoms with E-state index in [0.29, 0.717) is 28.7 Å². The number of ether oxygens (including phenoxy) is 3. The molecule has 0 saturated carbocycles. The molecule has 2 aromatic heterocycles. The van der Waals surface area contributed by atoms with Crippen LogP contribution in [0.15, 0.2) is 77.2 Å². The molecule has 174 valence electrons. The van der Waals surface area contributed by atoms with E-state index in [1.165, 1.54) is 5.56 Å². The van der Waals surface area contributed by atoms with Crippen molar-refractivity contribution in [3.63, 3.8) is 0 Å². The number of nitrogens with zero attached hydrogens (tertiary/aromatic N) is 1. The first-order valence-electron chi connectivity index (χ1n) is 11.0. The smallest absolute Gasteiger partial charge is 0.291 e. The minimum atomic E-state index is -0.331. The Labute approximate surface area is 204 Å². The largest absolute Gasteiger partial charge is 0.486 e. The first-order valence-corrected chi connectivity index (χ1v) is 11.8. The summed E-state index contributed by atoms with van der Waals surface area (Å²) in [6, 6.07) is 22.6. The number of fused-ring (bicyclic) bond motifs is 2. The van der Waals surface area contributed by atoms with E-state index in [4.69, 9.17) is 23.6 Å². The van der Waals surface area contributed by atoms with E-state index in [2.05, 4.69) is 24.4 Å². The van der Waals surface area contributed by atoms with Crippen LogP contribution in [-0.4, -0.2) is 17.7 Å². The maximum absolute atomic E-state index is 12.6. The van der Waals surface area contributed by atoms with Crippen LogP contribution in [0.25, 0.3) is 20.8 Å². The zero-order valence-corrected chi connectivity index (χ0v) is 19.6. The van der Waals surface area contributed by atoms with Crippen molar-refractivity contribution in [3.8, 4) is 27.8 Å². The monoisotopic (exact) mass is 484 g/mol. The number of anilines is 1. The lowest BCUT2D eigenvalue weighted by Crippen LogP contribution is -2.10. The van der Waals surface area contributed by atoms with Gasteiger partial charge in [0.15, 0.2) is 17.3 Å². The summed E-state index contributed by atoms with van der Waals surface area (Å²) in [4.78, 5) is 17.4. The van der Waals surface area contributed by atoms with Crippen molar-refractivity contribution in [1.82, 2.24) is 4.98 Å². The Morgan fingerprint density at radius 3 is 2.74 bits per heavy atom. The average molecular weight is 485 g/mol. The molecular weight excluding hydrogens is 464 g/mol. The molecule has 3 heterocycles. The predicted molar refractivity (Wildman–Crippen MR) is 133 cm³/mol. The van der Waals surface area contributed by atoms with Gasteiger partial charge in [-0.15, -0.1) is 11.3 Å². The zero-order valence-electron chi connectivity index (χ0n) is 18.7. The quantitative estimate of drug-likeness (QED) is 0.299. The molecule has 0 saturated heterocycles. The second-order valence-electron chi connectivity index (χ2n) is 8.09. The number of rotatable bonds is 6. The van der Waals surface area contributed by atoms with Crippen LogP contribution in [0.4, 0.5) is 5.69 Å². The Bertz CT molecular complexity index is 1540. The summed E-state index contributed by atoms with van der Waals surface area (Å²) >= 11 is 1.65. The first kappa shape index (κ1) is 21.2. The number of amides is 1. The van der Waals surface area contributed by atoms with Crippen molar-refractivity contribution in [2.45, 2.75) is 13.5 Å². The van der Waals surface area contributed by atoms with Crippen LogP contribution in [0.5, 0.6) is 17.2 Å². The van der Waals surface area contributed by atoms with Crippen LogP contribution in [0.2, 0.25) is 0 Å². The van der Waals surface area contributed by atoms with Crippen molar-refractivity contribution < 1.29 is 23.4 Å². The highest BCUT2D eigenvalue weighted by molar-refractivity contribution is 7.21. The molecule has 0 atom stereocenters. The molecule has 1 N–H and O–H groups in total. The zero-order chi connectivity index (χ0) is 23.8. The molecule has 0 fully saturated rings. The van der Waals surface area contributed by atoms with Gasteiger partial charge in [-0.1, -0.05) is 6.07 Å². The maximum Gasteiger partial charge on any atom is 0.291 e. The number of aromatic nitrogens is 1. The molecule has 0 spiro atoms. The number of nitrogens with one attached hydrogen (secondary N) is 1. The van der Waals surface area contributed by atoms with E-state index in [0.717, 1.165) is 20.8 Å². The van der Waals surface area contributed by atoms with Crippen LogP contribution in [0.1, 0.15) is 21.9 Å². The van der Waals surface area contributed by atoms with Gasteiger partial charge < -0.3 is 23.9 Å². The van der Waals surface area contributed by atoms with Crippen LogP contribution < -0.4 is 19.5 Å². The van der Waals surface area contributed by atoms with Crippen LogP contribution in [0.3, 0.4) is 0 Å². The number of thiazole rings is 1.